The fourth-order valence-electron chi connectivity index (χ4n) is 3.20. The molecule has 0 amide bonds. The number of para-hydroxylation sites is 1. The molecule has 0 bridgehead atoms. The van der Waals surface area contributed by atoms with E-state index in [1.54, 1.807) is 10.9 Å². The second kappa shape index (κ2) is 8.21. The predicted molar refractivity (Wildman–Crippen MR) is 107 cm³/mol. The van der Waals surface area contributed by atoms with Gasteiger partial charge in [-0.1, -0.05) is 30.7 Å². The van der Waals surface area contributed by atoms with E-state index in [1.807, 2.05) is 24.3 Å². The summed E-state index contributed by atoms with van der Waals surface area (Å²) in [5, 5.41) is 9.53. The highest BCUT2D eigenvalue weighted by Crippen LogP contribution is 2.26. The van der Waals surface area contributed by atoms with Crippen LogP contribution in [0.25, 0.3) is 16.7 Å². The molecule has 7 nitrogen and oxygen atoms in total. The van der Waals surface area contributed by atoms with Crippen LogP contribution in [0.3, 0.4) is 0 Å². The third-order valence-electron chi connectivity index (χ3n) is 4.70. The number of nitrogens with zero attached hydrogens (tertiary/aromatic N) is 5. The number of ether oxygens (including phenoxy) is 1. The Balaban J connectivity index is 1.61. The number of morpholine rings is 1. The molecule has 1 N–H and O–H groups in total. The Morgan fingerprint density at radius 1 is 1.19 bits per heavy atom. The number of nitrogens with one attached hydrogen (secondary N) is 1. The molecule has 3 aromatic rings. The lowest BCUT2D eigenvalue weighted by atomic mass is 10.3. The molecule has 1 aromatic carbocycles. The first kappa shape index (κ1) is 18.2. The van der Waals surface area contributed by atoms with Crippen LogP contribution in [0, 0.1) is 0 Å². The lowest BCUT2D eigenvalue weighted by Gasteiger charge is -2.26. The maximum Gasteiger partial charge on any atom is 0.168 e. The Morgan fingerprint density at radius 3 is 2.78 bits per heavy atom. The highest BCUT2D eigenvalue weighted by molar-refractivity contribution is 6.32. The number of aryl methyl sites for hydroxylation is 1. The molecule has 0 radical (unpaired) electrons. The number of anilines is 1. The van der Waals surface area contributed by atoms with Crippen molar-refractivity contribution in [3.05, 3.63) is 41.3 Å². The molecule has 27 heavy (non-hydrogen) atoms. The van der Waals surface area contributed by atoms with Gasteiger partial charge < -0.3 is 10.1 Å². The Kier molecular flexibility index (Phi) is 5.52. The van der Waals surface area contributed by atoms with Crippen molar-refractivity contribution in [2.75, 3.05) is 44.7 Å². The monoisotopic (exact) mass is 386 g/mol. The van der Waals surface area contributed by atoms with Gasteiger partial charge in [0.05, 0.1) is 35.5 Å². The minimum absolute atomic E-state index is 0.640. The second-order valence-corrected chi connectivity index (χ2v) is 6.88. The zero-order chi connectivity index (χ0) is 18.6. The molecular weight excluding hydrogens is 364 g/mol. The largest absolute Gasteiger partial charge is 0.379 e. The third kappa shape index (κ3) is 3.90. The summed E-state index contributed by atoms with van der Waals surface area (Å²) in [6.07, 6.45) is 2.55. The number of fused-ring (bicyclic) bond motifs is 1. The van der Waals surface area contributed by atoms with Crippen LogP contribution >= 0.6 is 11.6 Å². The molecule has 1 aliphatic heterocycles. The number of hydrogen-bond acceptors (Lipinski definition) is 6. The predicted octanol–water partition coefficient (Wildman–Crippen LogP) is 2.78. The average Bonchev–Trinajstić information content (AvgIpc) is 3.13. The van der Waals surface area contributed by atoms with Crippen molar-refractivity contribution >= 4 is 28.5 Å². The van der Waals surface area contributed by atoms with Crippen molar-refractivity contribution < 1.29 is 4.74 Å². The average molecular weight is 387 g/mol. The number of rotatable bonds is 6. The van der Waals surface area contributed by atoms with Crippen molar-refractivity contribution in [1.82, 2.24) is 24.6 Å². The van der Waals surface area contributed by atoms with Gasteiger partial charge >= 0.3 is 0 Å². The van der Waals surface area contributed by atoms with E-state index in [4.69, 9.17) is 21.3 Å². The van der Waals surface area contributed by atoms with Gasteiger partial charge in [0.15, 0.2) is 5.65 Å². The molecule has 0 spiro atoms. The Bertz CT molecular complexity index is 922. The molecule has 4 rings (SSSR count). The summed E-state index contributed by atoms with van der Waals surface area (Å²) in [6.45, 7) is 7.39. The fraction of sp³-hybridized carbons (Fsp3) is 0.421. The van der Waals surface area contributed by atoms with Crippen LogP contribution in [0.5, 0.6) is 0 Å². The van der Waals surface area contributed by atoms with Gasteiger partial charge in [0.1, 0.15) is 11.6 Å². The van der Waals surface area contributed by atoms with Crippen molar-refractivity contribution in [3.8, 4) is 5.69 Å². The van der Waals surface area contributed by atoms with Crippen LogP contribution in [0.4, 0.5) is 5.82 Å². The molecular formula is C19H23ClN6O. The van der Waals surface area contributed by atoms with E-state index >= 15 is 0 Å². The first-order chi connectivity index (χ1) is 13.3. The van der Waals surface area contributed by atoms with Gasteiger partial charge in [-0.2, -0.15) is 5.10 Å². The SMILES string of the molecule is CCc1nc(NCCN2CCOCC2)c2cnn(-c3ccccc3Cl)c2n1. The van der Waals surface area contributed by atoms with E-state index in [-0.39, 0.29) is 0 Å². The maximum atomic E-state index is 6.36. The number of aromatic nitrogens is 4. The lowest BCUT2D eigenvalue weighted by Crippen LogP contribution is -2.39. The van der Waals surface area contributed by atoms with E-state index in [0.717, 1.165) is 74.2 Å². The van der Waals surface area contributed by atoms with E-state index in [2.05, 4.69) is 27.2 Å². The number of hydrogen-bond donors (Lipinski definition) is 1. The van der Waals surface area contributed by atoms with Gasteiger partial charge in [0, 0.05) is 32.6 Å². The van der Waals surface area contributed by atoms with Gasteiger partial charge in [-0.25, -0.2) is 14.6 Å². The molecule has 0 unspecified atom stereocenters. The van der Waals surface area contributed by atoms with Crippen LogP contribution in [0.15, 0.2) is 30.5 Å². The maximum absolute atomic E-state index is 6.36. The summed E-state index contributed by atoms with van der Waals surface area (Å²) < 4.78 is 7.19. The van der Waals surface area contributed by atoms with Crippen molar-refractivity contribution in [2.45, 2.75) is 13.3 Å². The first-order valence-electron chi connectivity index (χ1n) is 9.30. The number of halogens is 1. The quantitative estimate of drug-likeness (QED) is 0.702. The van der Waals surface area contributed by atoms with Crippen LogP contribution < -0.4 is 5.32 Å². The summed E-state index contributed by atoms with van der Waals surface area (Å²) >= 11 is 6.36. The fourth-order valence-corrected chi connectivity index (χ4v) is 3.42. The molecule has 142 valence electrons. The number of benzene rings is 1. The van der Waals surface area contributed by atoms with Crippen molar-refractivity contribution in [1.29, 1.82) is 0 Å². The van der Waals surface area contributed by atoms with Gasteiger partial charge in [-0.3, -0.25) is 4.90 Å². The Morgan fingerprint density at radius 2 is 2.00 bits per heavy atom. The first-order valence-corrected chi connectivity index (χ1v) is 9.67. The van der Waals surface area contributed by atoms with Gasteiger partial charge in [-0.15, -0.1) is 0 Å². The highest BCUT2D eigenvalue weighted by atomic mass is 35.5. The summed E-state index contributed by atoms with van der Waals surface area (Å²) in [7, 11) is 0. The normalized spacial score (nSPS) is 15.3. The minimum atomic E-state index is 0.640. The van der Waals surface area contributed by atoms with E-state index in [0.29, 0.717) is 5.02 Å². The molecule has 0 saturated carbocycles. The molecule has 3 heterocycles. The zero-order valence-corrected chi connectivity index (χ0v) is 16.1. The van der Waals surface area contributed by atoms with Gasteiger partial charge in [-0.05, 0) is 12.1 Å². The Hall–Kier alpha value is -2.22. The van der Waals surface area contributed by atoms with Gasteiger partial charge in [0.25, 0.3) is 0 Å². The van der Waals surface area contributed by atoms with Crippen LogP contribution in [0.1, 0.15) is 12.7 Å². The van der Waals surface area contributed by atoms with Crippen LogP contribution in [0.2, 0.25) is 5.02 Å². The zero-order valence-electron chi connectivity index (χ0n) is 15.4. The Labute approximate surface area is 163 Å². The summed E-state index contributed by atoms with van der Waals surface area (Å²) in [5.74, 6) is 1.61. The smallest absolute Gasteiger partial charge is 0.168 e. The van der Waals surface area contributed by atoms with E-state index in [9.17, 15) is 0 Å². The third-order valence-corrected chi connectivity index (χ3v) is 5.02. The molecule has 1 aliphatic rings. The molecule has 2 aromatic heterocycles. The van der Waals surface area contributed by atoms with Crippen LogP contribution in [-0.2, 0) is 11.2 Å². The summed E-state index contributed by atoms with van der Waals surface area (Å²) in [6, 6.07) is 7.64. The summed E-state index contributed by atoms with van der Waals surface area (Å²) in [4.78, 5) is 11.8. The van der Waals surface area contributed by atoms with Gasteiger partial charge in [0.2, 0.25) is 0 Å². The lowest BCUT2D eigenvalue weighted by molar-refractivity contribution is 0.0398. The highest BCUT2D eigenvalue weighted by Gasteiger charge is 2.15. The van der Waals surface area contributed by atoms with E-state index in [1.165, 1.54) is 0 Å². The molecule has 1 saturated heterocycles. The van der Waals surface area contributed by atoms with E-state index < -0.39 is 0 Å². The topological polar surface area (TPSA) is 68.1 Å². The van der Waals surface area contributed by atoms with Crippen molar-refractivity contribution in [2.24, 2.45) is 0 Å². The molecule has 1 fully saturated rings. The minimum Gasteiger partial charge on any atom is -0.379 e. The standard InChI is InChI=1S/C19H23ClN6O/c1-2-17-23-18(21-7-8-25-9-11-27-12-10-25)14-13-22-26(19(14)24-17)16-6-4-3-5-15(16)20/h3-6,13H,2,7-12H2,1H3,(H,21,23,24). The molecule has 0 atom stereocenters. The second-order valence-electron chi connectivity index (χ2n) is 6.47. The van der Waals surface area contributed by atoms with Crippen molar-refractivity contribution in [3.63, 3.8) is 0 Å². The summed E-state index contributed by atoms with van der Waals surface area (Å²) in [5.41, 5.74) is 1.58. The molecule has 8 heteroatoms. The van der Waals surface area contributed by atoms with Crippen LogP contribution in [-0.4, -0.2) is 64.0 Å². The molecule has 0 aliphatic carbocycles.